The molecule has 0 saturated heterocycles. The quantitative estimate of drug-likeness (QED) is 0.660. The van der Waals surface area contributed by atoms with Crippen LogP contribution >= 0.6 is 11.6 Å². The number of anilines is 1. The molecule has 2 aromatic carbocycles. The van der Waals surface area contributed by atoms with E-state index in [2.05, 4.69) is 15.6 Å². The van der Waals surface area contributed by atoms with E-state index in [-0.39, 0.29) is 11.8 Å². The van der Waals surface area contributed by atoms with E-state index in [0.29, 0.717) is 35.6 Å². The van der Waals surface area contributed by atoms with E-state index in [9.17, 15) is 9.59 Å². The molecule has 0 aliphatic heterocycles. The van der Waals surface area contributed by atoms with Gasteiger partial charge in [-0.15, -0.1) is 0 Å². The maximum absolute atomic E-state index is 12.8. The van der Waals surface area contributed by atoms with Crippen molar-refractivity contribution in [3.63, 3.8) is 0 Å². The molecular formula is C21H18ClN3O2. The number of aromatic nitrogens is 1. The summed E-state index contributed by atoms with van der Waals surface area (Å²) in [6.07, 6.45) is 2.75. The highest BCUT2D eigenvalue weighted by Crippen LogP contribution is 2.47. The lowest BCUT2D eigenvalue weighted by Gasteiger charge is -2.16. The highest BCUT2D eigenvalue weighted by Gasteiger charge is 2.56. The van der Waals surface area contributed by atoms with Gasteiger partial charge in [0.25, 0.3) is 0 Å². The number of pyridine rings is 1. The van der Waals surface area contributed by atoms with E-state index in [0.717, 1.165) is 10.9 Å². The number of hydrogen-bond donors (Lipinski definition) is 2. The topological polar surface area (TPSA) is 71.1 Å². The Morgan fingerprint density at radius 1 is 1.00 bits per heavy atom. The minimum atomic E-state index is -1.02. The van der Waals surface area contributed by atoms with Crippen molar-refractivity contribution in [1.82, 2.24) is 10.3 Å². The lowest BCUT2D eigenvalue weighted by Crippen LogP contribution is -2.39. The molecule has 5 nitrogen and oxygen atoms in total. The van der Waals surface area contributed by atoms with Crippen LogP contribution in [0.3, 0.4) is 0 Å². The molecule has 0 unspecified atom stereocenters. The third kappa shape index (κ3) is 3.38. The number of carbonyl (C=O) groups is 2. The number of fused-ring (bicyclic) bond motifs is 1. The molecule has 1 aromatic heterocycles. The molecule has 1 heterocycles. The molecule has 0 bridgehead atoms. The van der Waals surface area contributed by atoms with E-state index in [4.69, 9.17) is 11.6 Å². The van der Waals surface area contributed by atoms with Gasteiger partial charge in [-0.05, 0) is 36.6 Å². The number of hydrogen-bond acceptors (Lipinski definition) is 3. The second-order valence-electron chi connectivity index (χ2n) is 6.69. The van der Waals surface area contributed by atoms with Gasteiger partial charge in [0.2, 0.25) is 11.8 Å². The summed E-state index contributed by atoms with van der Waals surface area (Å²) in [7, 11) is 0. The van der Waals surface area contributed by atoms with Gasteiger partial charge in [-0.1, -0.05) is 48.0 Å². The Labute approximate surface area is 161 Å². The zero-order chi connectivity index (χ0) is 18.9. The predicted molar refractivity (Wildman–Crippen MR) is 105 cm³/mol. The maximum atomic E-state index is 12.8. The molecule has 1 aliphatic rings. The van der Waals surface area contributed by atoms with Gasteiger partial charge in [0.1, 0.15) is 5.41 Å². The average molecular weight is 380 g/mol. The fraction of sp³-hybridized carbons (Fsp3) is 0.190. The second kappa shape index (κ2) is 7.00. The lowest BCUT2D eigenvalue weighted by molar-refractivity contribution is -0.134. The molecule has 0 radical (unpaired) electrons. The number of nitrogens with one attached hydrogen (secondary N) is 2. The Morgan fingerprint density at radius 2 is 1.78 bits per heavy atom. The first-order valence-electron chi connectivity index (χ1n) is 8.77. The first-order valence-corrected chi connectivity index (χ1v) is 9.15. The van der Waals surface area contributed by atoms with Crippen LogP contribution in [0.25, 0.3) is 10.9 Å². The number of rotatable bonds is 5. The van der Waals surface area contributed by atoms with E-state index >= 15 is 0 Å². The highest BCUT2D eigenvalue weighted by molar-refractivity contribution is 6.31. The summed E-state index contributed by atoms with van der Waals surface area (Å²) in [5.41, 5.74) is 1.13. The molecule has 6 heteroatoms. The first kappa shape index (κ1) is 17.5. The molecule has 1 aliphatic carbocycles. The molecular weight excluding hydrogens is 362 g/mol. The van der Waals surface area contributed by atoms with Crippen molar-refractivity contribution in [3.8, 4) is 0 Å². The summed E-state index contributed by atoms with van der Waals surface area (Å²) in [6.45, 7) is 0.295. The van der Waals surface area contributed by atoms with Crippen LogP contribution in [0.15, 0.2) is 60.8 Å². The molecule has 1 fully saturated rings. The Balaban J connectivity index is 1.48. The molecule has 0 spiro atoms. The zero-order valence-electron chi connectivity index (χ0n) is 14.5. The minimum Gasteiger partial charge on any atom is -0.351 e. The summed E-state index contributed by atoms with van der Waals surface area (Å²) in [5, 5.41) is 7.26. The summed E-state index contributed by atoms with van der Waals surface area (Å²) < 4.78 is 0. The van der Waals surface area contributed by atoms with Crippen molar-refractivity contribution in [2.45, 2.75) is 19.4 Å². The molecule has 1 saturated carbocycles. The van der Waals surface area contributed by atoms with Gasteiger partial charge in [0.15, 0.2) is 0 Å². The minimum absolute atomic E-state index is 0.270. The standard InChI is InChI=1S/C21H18ClN3O2/c22-16-8-2-1-5-15(16)13-24-19(26)21(10-11-21)20(27)25-17-9-3-6-14-7-4-12-23-18(14)17/h1-9,12H,10-11,13H2,(H,24,26)(H,25,27). The smallest absolute Gasteiger partial charge is 0.240 e. The van der Waals surface area contributed by atoms with Crippen LogP contribution in [-0.4, -0.2) is 16.8 Å². The fourth-order valence-electron chi connectivity index (χ4n) is 3.12. The van der Waals surface area contributed by atoms with E-state index in [1.807, 2.05) is 42.5 Å². The maximum Gasteiger partial charge on any atom is 0.240 e. The second-order valence-corrected chi connectivity index (χ2v) is 7.10. The van der Waals surface area contributed by atoms with Crippen LogP contribution < -0.4 is 10.6 Å². The SMILES string of the molecule is O=C(NCc1ccccc1Cl)C1(C(=O)Nc2cccc3cccnc23)CC1. The van der Waals surface area contributed by atoms with Gasteiger partial charge in [-0.3, -0.25) is 14.6 Å². The third-order valence-corrected chi connectivity index (χ3v) is 5.27. The van der Waals surface area contributed by atoms with Crippen LogP contribution in [0.4, 0.5) is 5.69 Å². The van der Waals surface area contributed by atoms with Crippen molar-refractivity contribution in [1.29, 1.82) is 0 Å². The Hall–Kier alpha value is -2.92. The normalized spacial score (nSPS) is 14.6. The molecule has 2 amide bonds. The highest BCUT2D eigenvalue weighted by atomic mass is 35.5. The van der Waals surface area contributed by atoms with Gasteiger partial charge in [0.05, 0.1) is 11.2 Å². The third-order valence-electron chi connectivity index (χ3n) is 4.90. The predicted octanol–water partition coefficient (Wildman–Crippen LogP) is 3.92. The summed E-state index contributed by atoms with van der Waals surface area (Å²) in [4.78, 5) is 29.8. The molecule has 2 N–H and O–H groups in total. The largest absolute Gasteiger partial charge is 0.351 e. The van der Waals surface area contributed by atoms with Crippen LogP contribution in [0, 0.1) is 5.41 Å². The molecule has 136 valence electrons. The number of carbonyl (C=O) groups excluding carboxylic acids is 2. The lowest BCUT2D eigenvalue weighted by atomic mass is 10.0. The van der Waals surface area contributed by atoms with Crippen molar-refractivity contribution in [3.05, 3.63) is 71.4 Å². The van der Waals surface area contributed by atoms with Crippen LogP contribution in [0.5, 0.6) is 0 Å². The van der Waals surface area contributed by atoms with Crippen molar-refractivity contribution in [2.24, 2.45) is 5.41 Å². The summed E-state index contributed by atoms with van der Waals surface area (Å²) in [5.74, 6) is -0.564. The van der Waals surface area contributed by atoms with Gasteiger partial charge in [-0.25, -0.2) is 0 Å². The van der Waals surface area contributed by atoms with Gasteiger partial charge < -0.3 is 10.6 Å². The summed E-state index contributed by atoms with van der Waals surface area (Å²) in [6, 6.07) is 16.7. The van der Waals surface area contributed by atoms with Gasteiger partial charge >= 0.3 is 0 Å². The van der Waals surface area contributed by atoms with Crippen molar-refractivity contribution in [2.75, 3.05) is 5.32 Å². The van der Waals surface area contributed by atoms with Crippen molar-refractivity contribution < 1.29 is 9.59 Å². The average Bonchev–Trinajstić information content (AvgIpc) is 3.50. The number of nitrogens with zero attached hydrogens (tertiary/aromatic N) is 1. The molecule has 0 atom stereocenters. The molecule has 27 heavy (non-hydrogen) atoms. The fourth-order valence-corrected chi connectivity index (χ4v) is 3.32. The van der Waals surface area contributed by atoms with Crippen LogP contribution in [-0.2, 0) is 16.1 Å². The van der Waals surface area contributed by atoms with Crippen LogP contribution in [0.2, 0.25) is 5.02 Å². The van der Waals surface area contributed by atoms with Crippen LogP contribution in [0.1, 0.15) is 18.4 Å². The Kier molecular flexibility index (Phi) is 4.54. The summed E-state index contributed by atoms with van der Waals surface area (Å²) >= 11 is 6.13. The van der Waals surface area contributed by atoms with E-state index in [1.54, 1.807) is 18.3 Å². The number of halogens is 1. The number of benzene rings is 2. The monoisotopic (exact) mass is 379 g/mol. The van der Waals surface area contributed by atoms with E-state index in [1.165, 1.54) is 0 Å². The van der Waals surface area contributed by atoms with E-state index < -0.39 is 5.41 Å². The Morgan fingerprint density at radius 3 is 2.56 bits per heavy atom. The number of amides is 2. The molecule has 4 rings (SSSR count). The van der Waals surface area contributed by atoms with Gasteiger partial charge in [-0.2, -0.15) is 0 Å². The Bertz CT molecular complexity index is 1030. The molecule has 3 aromatic rings. The van der Waals surface area contributed by atoms with Gasteiger partial charge in [0, 0.05) is 23.2 Å². The van der Waals surface area contributed by atoms with Crippen molar-refractivity contribution >= 4 is 40.0 Å². The number of para-hydroxylation sites is 1. The first-order chi connectivity index (χ1) is 13.1. The zero-order valence-corrected chi connectivity index (χ0v) is 15.3.